The highest BCUT2D eigenvalue weighted by Gasteiger charge is 2.36. The highest BCUT2D eigenvalue weighted by Crippen LogP contribution is 2.21. The Balaban J connectivity index is 2.05. The number of nitrogens with one attached hydrogen (secondary N) is 2. The second-order valence-corrected chi connectivity index (χ2v) is 9.84. The SMILES string of the molecule is CCCCCCCCCC(=O)N[C@](C)(Cc1nc2cc(C(=O)O)ccc2o1)C(=O)NCCCCCC. The number of carbonyl (C=O) groups is 3. The summed E-state index contributed by atoms with van der Waals surface area (Å²) in [5, 5.41) is 15.1. The summed E-state index contributed by atoms with van der Waals surface area (Å²) in [7, 11) is 0. The third-order valence-corrected chi connectivity index (χ3v) is 6.42. The third-order valence-electron chi connectivity index (χ3n) is 6.42. The van der Waals surface area contributed by atoms with Crippen LogP contribution in [0.25, 0.3) is 11.1 Å². The van der Waals surface area contributed by atoms with Gasteiger partial charge in [-0.2, -0.15) is 0 Å². The van der Waals surface area contributed by atoms with Crippen LogP contribution in [0.1, 0.15) is 114 Å². The van der Waals surface area contributed by atoms with Crippen LogP contribution in [0.2, 0.25) is 0 Å². The molecule has 1 aromatic heterocycles. The number of carboxylic acid groups (broad SMARTS) is 1. The number of hydrogen-bond acceptors (Lipinski definition) is 5. The Morgan fingerprint density at radius 1 is 0.944 bits per heavy atom. The second kappa shape index (κ2) is 15.3. The summed E-state index contributed by atoms with van der Waals surface area (Å²) < 4.78 is 5.80. The van der Waals surface area contributed by atoms with Gasteiger partial charge in [0.05, 0.1) is 12.0 Å². The summed E-state index contributed by atoms with van der Waals surface area (Å²) in [5.74, 6) is -1.23. The molecule has 0 radical (unpaired) electrons. The summed E-state index contributed by atoms with van der Waals surface area (Å²) in [6.45, 7) is 6.55. The van der Waals surface area contributed by atoms with E-state index < -0.39 is 11.5 Å². The lowest BCUT2D eigenvalue weighted by Crippen LogP contribution is -2.58. The average molecular weight is 502 g/mol. The first kappa shape index (κ1) is 29.3. The molecule has 36 heavy (non-hydrogen) atoms. The van der Waals surface area contributed by atoms with Gasteiger partial charge >= 0.3 is 5.97 Å². The first-order valence-electron chi connectivity index (χ1n) is 13.5. The molecular weight excluding hydrogens is 458 g/mol. The zero-order valence-electron chi connectivity index (χ0n) is 22.2. The maximum Gasteiger partial charge on any atom is 0.335 e. The molecule has 1 atom stereocenters. The Morgan fingerprint density at radius 3 is 2.25 bits per heavy atom. The molecule has 3 N–H and O–H groups in total. The van der Waals surface area contributed by atoms with Gasteiger partial charge in [0.2, 0.25) is 11.8 Å². The summed E-state index contributed by atoms with van der Waals surface area (Å²) in [6, 6.07) is 4.44. The first-order valence-corrected chi connectivity index (χ1v) is 13.5. The number of aromatic carboxylic acids is 1. The first-order chi connectivity index (χ1) is 17.3. The number of hydrogen-bond donors (Lipinski definition) is 3. The van der Waals surface area contributed by atoms with Crippen molar-refractivity contribution in [2.45, 2.75) is 110 Å². The molecule has 0 aliphatic carbocycles. The van der Waals surface area contributed by atoms with Crippen LogP contribution in [0.5, 0.6) is 0 Å². The topological polar surface area (TPSA) is 122 Å². The van der Waals surface area contributed by atoms with Gasteiger partial charge in [0.15, 0.2) is 11.5 Å². The van der Waals surface area contributed by atoms with Crippen LogP contribution in [-0.2, 0) is 16.0 Å². The van der Waals surface area contributed by atoms with Crippen LogP contribution in [0.15, 0.2) is 22.6 Å². The number of aromatic nitrogens is 1. The van der Waals surface area contributed by atoms with Crippen LogP contribution in [0.4, 0.5) is 0 Å². The van der Waals surface area contributed by atoms with Gasteiger partial charge in [-0.05, 0) is 38.0 Å². The van der Waals surface area contributed by atoms with Crippen molar-refractivity contribution in [1.82, 2.24) is 15.6 Å². The second-order valence-electron chi connectivity index (χ2n) is 9.84. The maximum absolute atomic E-state index is 13.2. The van der Waals surface area contributed by atoms with E-state index in [9.17, 15) is 19.5 Å². The Kier molecular flexibility index (Phi) is 12.4. The van der Waals surface area contributed by atoms with E-state index in [4.69, 9.17) is 4.42 Å². The third kappa shape index (κ3) is 9.63. The van der Waals surface area contributed by atoms with Crippen LogP contribution < -0.4 is 10.6 Å². The van der Waals surface area contributed by atoms with Gasteiger partial charge in [-0.25, -0.2) is 9.78 Å². The van der Waals surface area contributed by atoms with Crippen LogP contribution >= 0.6 is 0 Å². The lowest BCUT2D eigenvalue weighted by molar-refractivity contribution is -0.133. The molecule has 0 saturated heterocycles. The number of rotatable bonds is 18. The molecule has 1 heterocycles. The minimum absolute atomic E-state index is 0.0631. The van der Waals surface area contributed by atoms with Crippen molar-refractivity contribution in [2.24, 2.45) is 0 Å². The molecule has 8 nitrogen and oxygen atoms in total. The van der Waals surface area contributed by atoms with Crippen LogP contribution in [0.3, 0.4) is 0 Å². The van der Waals surface area contributed by atoms with Gasteiger partial charge in [-0.1, -0.05) is 71.6 Å². The van der Waals surface area contributed by atoms with Crippen molar-refractivity contribution >= 4 is 28.9 Å². The monoisotopic (exact) mass is 501 g/mol. The van der Waals surface area contributed by atoms with Gasteiger partial charge in [0, 0.05) is 13.0 Å². The lowest BCUT2D eigenvalue weighted by atomic mass is 9.95. The number of unbranched alkanes of at least 4 members (excludes halogenated alkanes) is 9. The highest BCUT2D eigenvalue weighted by molar-refractivity contribution is 5.92. The smallest absolute Gasteiger partial charge is 0.335 e. The summed E-state index contributed by atoms with van der Waals surface area (Å²) >= 11 is 0. The zero-order chi connectivity index (χ0) is 26.4. The highest BCUT2D eigenvalue weighted by atomic mass is 16.4. The number of amides is 2. The number of fused-ring (bicyclic) bond motifs is 1. The molecule has 200 valence electrons. The molecule has 0 unspecified atom stereocenters. The average Bonchev–Trinajstić information content (AvgIpc) is 3.24. The Labute approximate surface area is 214 Å². The molecular formula is C28H43N3O5. The van der Waals surface area contributed by atoms with E-state index in [0.29, 0.717) is 24.1 Å². The number of carboxylic acids is 1. The van der Waals surface area contributed by atoms with E-state index in [-0.39, 0.29) is 29.7 Å². The molecule has 0 fully saturated rings. The van der Waals surface area contributed by atoms with Crippen molar-refractivity contribution in [1.29, 1.82) is 0 Å². The molecule has 0 aliphatic rings. The van der Waals surface area contributed by atoms with Crippen molar-refractivity contribution in [2.75, 3.05) is 6.54 Å². The fraction of sp³-hybridized carbons (Fsp3) is 0.643. The van der Waals surface area contributed by atoms with Crippen molar-refractivity contribution < 1.29 is 23.9 Å². The molecule has 2 rings (SSSR count). The number of benzene rings is 1. The van der Waals surface area contributed by atoms with E-state index in [2.05, 4.69) is 29.5 Å². The van der Waals surface area contributed by atoms with Gasteiger partial charge in [0.1, 0.15) is 11.1 Å². The molecule has 0 saturated carbocycles. The van der Waals surface area contributed by atoms with Gasteiger partial charge in [0.25, 0.3) is 0 Å². The Bertz CT molecular complexity index is 987. The minimum atomic E-state index is -1.24. The molecule has 0 bridgehead atoms. The molecule has 8 heteroatoms. The number of oxazole rings is 1. The van der Waals surface area contributed by atoms with Crippen molar-refractivity contribution in [3.05, 3.63) is 29.7 Å². The predicted molar refractivity (Wildman–Crippen MR) is 141 cm³/mol. The van der Waals surface area contributed by atoms with E-state index in [0.717, 1.165) is 44.9 Å². The van der Waals surface area contributed by atoms with Crippen molar-refractivity contribution in [3.63, 3.8) is 0 Å². The number of nitrogens with zero attached hydrogens (tertiary/aromatic N) is 1. The summed E-state index contributed by atoms with van der Waals surface area (Å²) in [4.78, 5) is 41.7. The van der Waals surface area contributed by atoms with E-state index in [1.165, 1.54) is 37.8 Å². The molecule has 0 aliphatic heterocycles. The molecule has 0 spiro atoms. The van der Waals surface area contributed by atoms with Gasteiger partial charge in [-0.15, -0.1) is 0 Å². The zero-order valence-corrected chi connectivity index (χ0v) is 22.2. The fourth-order valence-corrected chi connectivity index (χ4v) is 4.23. The maximum atomic E-state index is 13.2. The Morgan fingerprint density at radius 2 is 1.58 bits per heavy atom. The molecule has 2 amide bonds. The van der Waals surface area contributed by atoms with Crippen molar-refractivity contribution in [3.8, 4) is 0 Å². The largest absolute Gasteiger partial charge is 0.478 e. The Hall–Kier alpha value is -2.90. The quantitative estimate of drug-likeness (QED) is 0.223. The van der Waals surface area contributed by atoms with E-state index in [1.54, 1.807) is 13.0 Å². The molecule has 2 aromatic rings. The summed E-state index contributed by atoms with van der Waals surface area (Å²) in [5.41, 5.74) is -0.286. The standard InChI is InChI=1S/C28H43N3O5/c1-4-6-8-10-11-12-13-15-24(32)31-28(3,27(35)29-18-14-9-7-5-2)20-25-30-22-19-21(26(33)34)16-17-23(22)36-25/h16-17,19H,4-15,18,20H2,1-3H3,(H,29,35)(H,31,32)(H,33,34)/t28-/m1/s1. The van der Waals surface area contributed by atoms with Crippen LogP contribution in [0, 0.1) is 0 Å². The van der Waals surface area contributed by atoms with E-state index >= 15 is 0 Å². The van der Waals surface area contributed by atoms with Gasteiger partial charge in [-0.3, -0.25) is 9.59 Å². The fourth-order valence-electron chi connectivity index (χ4n) is 4.23. The predicted octanol–water partition coefficient (Wildman–Crippen LogP) is 5.78. The normalized spacial score (nSPS) is 12.9. The van der Waals surface area contributed by atoms with Gasteiger partial charge < -0.3 is 20.2 Å². The summed E-state index contributed by atoms with van der Waals surface area (Å²) in [6.07, 6.45) is 12.3. The van der Waals surface area contributed by atoms with Crippen LogP contribution in [-0.4, -0.2) is 40.0 Å². The lowest BCUT2D eigenvalue weighted by Gasteiger charge is -2.28. The minimum Gasteiger partial charge on any atom is -0.478 e. The molecule has 1 aromatic carbocycles. The van der Waals surface area contributed by atoms with E-state index in [1.807, 2.05) is 0 Å². The number of carbonyl (C=O) groups excluding carboxylic acids is 2.